The van der Waals surface area contributed by atoms with Gasteiger partial charge in [-0.05, 0) is 66.6 Å². The number of methoxy groups -OCH3 is 2. The van der Waals surface area contributed by atoms with Crippen molar-refractivity contribution in [1.82, 2.24) is 9.29 Å². The maximum Gasteiger partial charge on any atom is 0.258 e. The fraction of sp³-hybridized carbons (Fsp3) is 0.344. The van der Waals surface area contributed by atoms with Crippen molar-refractivity contribution < 1.29 is 27.5 Å². The number of pyridine rings is 1. The molecule has 0 N–H and O–H groups in total. The molecular weight excluding hydrogens is 554 g/mol. The van der Waals surface area contributed by atoms with Crippen LogP contribution in [0.15, 0.2) is 65.7 Å². The molecule has 0 bridgehead atoms. The minimum atomic E-state index is -4.02. The van der Waals surface area contributed by atoms with Gasteiger partial charge in [0.1, 0.15) is 11.3 Å². The molecule has 10 heteroatoms. The lowest BCUT2D eigenvalue weighted by Crippen LogP contribution is -2.48. The Bertz CT molecular complexity index is 1810. The van der Waals surface area contributed by atoms with Crippen molar-refractivity contribution in [3.05, 3.63) is 71.9 Å². The number of piperidine rings is 1. The number of benzene rings is 3. The molecule has 4 aromatic rings. The van der Waals surface area contributed by atoms with E-state index in [1.165, 1.54) is 17.5 Å². The molecule has 9 nitrogen and oxygen atoms in total. The summed E-state index contributed by atoms with van der Waals surface area (Å²) in [5.41, 5.74) is 2.70. The van der Waals surface area contributed by atoms with Crippen molar-refractivity contribution in [2.24, 2.45) is 0 Å². The number of anilines is 1. The number of carbonyl (C=O) groups is 2. The number of nitrogens with zero attached hydrogens (tertiary/aromatic N) is 3. The normalized spacial score (nSPS) is 17.3. The molecule has 1 atom stereocenters. The summed E-state index contributed by atoms with van der Waals surface area (Å²) in [4.78, 5) is 33.4. The van der Waals surface area contributed by atoms with Gasteiger partial charge < -0.3 is 14.4 Å². The van der Waals surface area contributed by atoms with Crippen molar-refractivity contribution in [3.8, 4) is 5.75 Å². The van der Waals surface area contributed by atoms with Crippen LogP contribution in [-0.2, 0) is 26.0 Å². The standard InChI is InChI=1S/C32H33N3O6S/c1-40-19-7-17-34-26-13-12-21(22-8-5-9-24(30(22)26)32(34)37)20-27(36)25-11-3-4-18-35(25)42(38,39)29-15-14-28(41-2)31-23(29)10-6-16-33-31/h5-6,8-10,12-16,25H,3-4,7,11,17-20H2,1-2H3. The van der Waals surface area contributed by atoms with Crippen LogP contribution in [0.5, 0.6) is 5.75 Å². The number of amides is 1. The molecule has 0 radical (unpaired) electrons. The lowest BCUT2D eigenvalue weighted by atomic mass is 9.93. The van der Waals surface area contributed by atoms with Gasteiger partial charge in [-0.3, -0.25) is 14.6 Å². The maximum absolute atomic E-state index is 14.1. The van der Waals surface area contributed by atoms with Crippen LogP contribution in [0.3, 0.4) is 0 Å². The van der Waals surface area contributed by atoms with Crippen molar-refractivity contribution in [2.45, 2.75) is 43.0 Å². The van der Waals surface area contributed by atoms with E-state index in [0.29, 0.717) is 54.6 Å². The topological polar surface area (TPSA) is 106 Å². The molecule has 1 aromatic heterocycles. The van der Waals surface area contributed by atoms with E-state index in [1.807, 2.05) is 30.3 Å². The summed E-state index contributed by atoms with van der Waals surface area (Å²) < 4.78 is 40.2. The Hall–Kier alpha value is -3.86. The first kappa shape index (κ1) is 28.3. The van der Waals surface area contributed by atoms with Crippen molar-refractivity contribution >= 4 is 49.1 Å². The molecule has 1 amide bonds. The number of carbonyl (C=O) groups excluding carboxylic acids is 2. The summed E-state index contributed by atoms with van der Waals surface area (Å²) in [6.45, 7) is 1.36. The van der Waals surface area contributed by atoms with E-state index < -0.39 is 16.1 Å². The Morgan fingerprint density at radius 1 is 1.02 bits per heavy atom. The number of hydrogen-bond acceptors (Lipinski definition) is 7. The number of sulfonamides is 1. The Kier molecular flexibility index (Phi) is 7.69. The first-order chi connectivity index (χ1) is 20.4. The number of aromatic nitrogens is 1. The van der Waals surface area contributed by atoms with Gasteiger partial charge in [0.25, 0.3) is 5.91 Å². The molecule has 0 spiro atoms. The Morgan fingerprint density at radius 3 is 2.67 bits per heavy atom. The molecule has 218 valence electrons. The zero-order valence-electron chi connectivity index (χ0n) is 23.7. The van der Waals surface area contributed by atoms with E-state index in [-0.39, 0.29) is 29.6 Å². The Morgan fingerprint density at radius 2 is 1.86 bits per heavy atom. The van der Waals surface area contributed by atoms with Crippen LogP contribution in [0.25, 0.3) is 21.7 Å². The zero-order chi connectivity index (χ0) is 29.4. The predicted octanol–water partition coefficient (Wildman–Crippen LogP) is 4.75. The van der Waals surface area contributed by atoms with Gasteiger partial charge in [0.15, 0.2) is 5.78 Å². The second-order valence-corrected chi connectivity index (χ2v) is 12.6. The van der Waals surface area contributed by atoms with Crippen LogP contribution >= 0.6 is 0 Å². The second-order valence-electron chi connectivity index (χ2n) is 10.7. The largest absolute Gasteiger partial charge is 0.494 e. The minimum Gasteiger partial charge on any atom is -0.494 e. The predicted molar refractivity (Wildman–Crippen MR) is 161 cm³/mol. The molecule has 3 aromatic carbocycles. The first-order valence-electron chi connectivity index (χ1n) is 14.2. The molecule has 1 saturated heterocycles. The van der Waals surface area contributed by atoms with Gasteiger partial charge in [0.2, 0.25) is 10.0 Å². The SMILES string of the molecule is COCCCN1C(=O)c2cccc3c(CC(=O)C4CCCCN4S(=O)(=O)c4ccc(OC)c5ncccc45)ccc1c23. The highest BCUT2D eigenvalue weighted by Gasteiger charge is 2.39. The number of ether oxygens (including phenoxy) is 2. The van der Waals surface area contributed by atoms with Gasteiger partial charge in [-0.15, -0.1) is 0 Å². The summed E-state index contributed by atoms with van der Waals surface area (Å²) in [5.74, 6) is 0.274. The molecule has 3 heterocycles. The average molecular weight is 588 g/mol. The molecule has 0 aliphatic carbocycles. The number of hydrogen-bond donors (Lipinski definition) is 0. The molecule has 0 saturated carbocycles. The van der Waals surface area contributed by atoms with Crippen LogP contribution in [0.1, 0.15) is 41.6 Å². The van der Waals surface area contributed by atoms with Crippen LogP contribution in [0.4, 0.5) is 5.69 Å². The quantitative estimate of drug-likeness (QED) is 0.247. The summed E-state index contributed by atoms with van der Waals surface area (Å²) in [6, 6.07) is 15.2. The molecule has 2 aliphatic heterocycles. The molecule has 6 rings (SSSR count). The van der Waals surface area contributed by atoms with Gasteiger partial charge in [-0.25, -0.2) is 8.42 Å². The van der Waals surface area contributed by atoms with Gasteiger partial charge in [-0.2, -0.15) is 4.31 Å². The van der Waals surface area contributed by atoms with Crippen LogP contribution < -0.4 is 9.64 Å². The van der Waals surface area contributed by atoms with Gasteiger partial charge in [0, 0.05) is 55.8 Å². The molecule has 42 heavy (non-hydrogen) atoms. The maximum atomic E-state index is 14.1. The molecular formula is C32H33N3O6S. The number of Topliss-reactive ketones (excluding diaryl/α,β-unsaturated/α-hetero) is 1. The average Bonchev–Trinajstić information content (AvgIpc) is 3.29. The minimum absolute atomic E-state index is 0.0547. The smallest absolute Gasteiger partial charge is 0.258 e. The van der Waals surface area contributed by atoms with E-state index >= 15 is 0 Å². The summed E-state index contributed by atoms with van der Waals surface area (Å²) >= 11 is 0. The molecule has 2 aliphatic rings. The van der Waals surface area contributed by atoms with Crippen LogP contribution in [-0.4, -0.2) is 69.4 Å². The van der Waals surface area contributed by atoms with Crippen LogP contribution in [0.2, 0.25) is 0 Å². The van der Waals surface area contributed by atoms with Gasteiger partial charge in [0.05, 0.1) is 23.7 Å². The third-order valence-electron chi connectivity index (χ3n) is 8.29. The summed E-state index contributed by atoms with van der Waals surface area (Å²) in [6.07, 6.45) is 4.28. The number of rotatable bonds is 10. The highest BCUT2D eigenvalue weighted by molar-refractivity contribution is 7.89. The zero-order valence-corrected chi connectivity index (χ0v) is 24.5. The summed E-state index contributed by atoms with van der Waals surface area (Å²) in [7, 11) is -0.858. The lowest BCUT2D eigenvalue weighted by molar-refractivity contribution is -0.122. The van der Waals surface area contributed by atoms with E-state index in [9.17, 15) is 18.0 Å². The highest BCUT2D eigenvalue weighted by atomic mass is 32.2. The lowest BCUT2D eigenvalue weighted by Gasteiger charge is -2.34. The monoisotopic (exact) mass is 587 g/mol. The third kappa shape index (κ3) is 4.73. The Labute approximate surface area is 245 Å². The van der Waals surface area contributed by atoms with E-state index in [2.05, 4.69) is 4.98 Å². The van der Waals surface area contributed by atoms with E-state index in [4.69, 9.17) is 9.47 Å². The Balaban J connectivity index is 1.32. The molecule has 1 fully saturated rings. The fourth-order valence-electron chi connectivity index (χ4n) is 6.31. The summed E-state index contributed by atoms with van der Waals surface area (Å²) in [5, 5.41) is 2.15. The van der Waals surface area contributed by atoms with Crippen molar-refractivity contribution in [1.29, 1.82) is 0 Å². The fourth-order valence-corrected chi connectivity index (χ4v) is 8.17. The van der Waals surface area contributed by atoms with Crippen LogP contribution in [0, 0.1) is 0 Å². The molecule has 1 unspecified atom stereocenters. The van der Waals surface area contributed by atoms with Crippen molar-refractivity contribution in [2.75, 3.05) is 38.8 Å². The number of ketones is 1. The third-order valence-corrected chi connectivity index (χ3v) is 10.3. The highest BCUT2D eigenvalue weighted by Crippen LogP contribution is 2.40. The van der Waals surface area contributed by atoms with Gasteiger partial charge in [-0.1, -0.05) is 24.6 Å². The van der Waals surface area contributed by atoms with E-state index in [0.717, 1.165) is 28.4 Å². The van der Waals surface area contributed by atoms with E-state index in [1.54, 1.807) is 36.4 Å². The number of fused-ring (bicyclic) bond motifs is 1. The van der Waals surface area contributed by atoms with Crippen molar-refractivity contribution in [3.63, 3.8) is 0 Å². The first-order valence-corrected chi connectivity index (χ1v) is 15.6. The second kappa shape index (κ2) is 11.4. The van der Waals surface area contributed by atoms with Gasteiger partial charge >= 0.3 is 0 Å².